The van der Waals surface area contributed by atoms with Gasteiger partial charge in [-0.1, -0.05) is 43.6 Å². The molecule has 0 aliphatic rings. The number of nitrogens with zero attached hydrogens (tertiary/aromatic N) is 2. The normalized spacial score (nSPS) is 11.3. The number of rotatable bonds is 6. The number of nitrogens with one attached hydrogen (secondary N) is 2. The van der Waals surface area contributed by atoms with Crippen LogP contribution in [0.5, 0.6) is 0 Å². The first kappa shape index (κ1) is 21.2. The van der Waals surface area contributed by atoms with Crippen LogP contribution in [-0.4, -0.2) is 17.5 Å². The van der Waals surface area contributed by atoms with E-state index < -0.39 is 0 Å². The number of hydrogen-bond acceptors (Lipinski definition) is 3. The van der Waals surface area contributed by atoms with E-state index in [0.29, 0.717) is 19.0 Å². The summed E-state index contributed by atoms with van der Waals surface area (Å²) in [5.74, 6) is 1.23. The van der Waals surface area contributed by atoms with Gasteiger partial charge in [0.15, 0.2) is 5.96 Å². The molecule has 0 radical (unpaired) electrons. The average molecular weight is 479 g/mol. The lowest BCUT2D eigenvalue weighted by atomic mass is 10.2. The van der Waals surface area contributed by atoms with Crippen LogP contribution in [0.1, 0.15) is 43.0 Å². The van der Waals surface area contributed by atoms with Gasteiger partial charge in [0, 0.05) is 16.9 Å². The number of guanidine groups is 1. The van der Waals surface area contributed by atoms with Crippen molar-refractivity contribution in [2.24, 2.45) is 4.99 Å². The molecule has 0 amide bonds. The molecule has 2 rings (SSSR count). The number of aliphatic imine (C=N–C) groups is 1. The van der Waals surface area contributed by atoms with Crippen molar-refractivity contribution in [1.82, 2.24) is 15.6 Å². The van der Waals surface area contributed by atoms with Gasteiger partial charge >= 0.3 is 0 Å². The molecule has 1 aromatic carbocycles. The second kappa shape index (κ2) is 10.9. The summed E-state index contributed by atoms with van der Waals surface area (Å²) in [4.78, 5) is 9.21. The number of halogens is 2. The minimum atomic E-state index is 0. The Kier molecular flexibility index (Phi) is 9.61. The first-order valence-corrected chi connectivity index (χ1v) is 9.05. The summed E-state index contributed by atoms with van der Waals surface area (Å²) >= 11 is 7.85. The predicted molar refractivity (Wildman–Crippen MR) is 115 cm³/mol. The van der Waals surface area contributed by atoms with Crippen molar-refractivity contribution in [3.63, 3.8) is 0 Å². The molecule has 2 aromatic rings. The molecule has 132 valence electrons. The maximum atomic E-state index is 6.17. The molecule has 0 atom stereocenters. The largest absolute Gasteiger partial charge is 0.357 e. The van der Waals surface area contributed by atoms with E-state index in [1.54, 1.807) is 11.3 Å². The smallest absolute Gasteiger partial charge is 0.191 e. The van der Waals surface area contributed by atoms with Gasteiger partial charge in [-0.2, -0.15) is 0 Å². The summed E-state index contributed by atoms with van der Waals surface area (Å²) in [6, 6.07) is 7.77. The van der Waals surface area contributed by atoms with Crippen molar-refractivity contribution in [3.05, 3.63) is 50.9 Å². The topological polar surface area (TPSA) is 49.3 Å². The van der Waals surface area contributed by atoms with Gasteiger partial charge in [-0.25, -0.2) is 9.98 Å². The van der Waals surface area contributed by atoms with Gasteiger partial charge in [0.1, 0.15) is 5.01 Å². The number of thiazole rings is 1. The van der Waals surface area contributed by atoms with Crippen LogP contribution in [0, 0.1) is 0 Å². The van der Waals surface area contributed by atoms with Crippen molar-refractivity contribution in [1.29, 1.82) is 0 Å². The monoisotopic (exact) mass is 478 g/mol. The minimum Gasteiger partial charge on any atom is -0.357 e. The Labute approximate surface area is 170 Å². The predicted octanol–water partition coefficient (Wildman–Crippen LogP) is 4.79. The van der Waals surface area contributed by atoms with Crippen LogP contribution >= 0.6 is 46.9 Å². The Balaban J connectivity index is 0.00000288. The van der Waals surface area contributed by atoms with Crippen LogP contribution in [0.4, 0.5) is 0 Å². The van der Waals surface area contributed by atoms with Gasteiger partial charge in [0.05, 0.1) is 18.8 Å². The summed E-state index contributed by atoms with van der Waals surface area (Å²) in [6.45, 7) is 8.38. The van der Waals surface area contributed by atoms with Crippen LogP contribution in [0.2, 0.25) is 5.02 Å². The fourth-order valence-electron chi connectivity index (χ4n) is 1.96. The molecule has 1 aromatic heterocycles. The van der Waals surface area contributed by atoms with Gasteiger partial charge in [0.25, 0.3) is 0 Å². The molecular weight excluding hydrogens is 455 g/mol. The molecule has 4 nitrogen and oxygen atoms in total. The van der Waals surface area contributed by atoms with Crippen LogP contribution in [-0.2, 0) is 13.1 Å². The SMILES string of the molecule is CCNC(=NCc1ccccc1Cl)NCc1nc(C(C)C)cs1.I. The molecule has 0 spiro atoms. The Morgan fingerprint density at radius 1 is 1.29 bits per heavy atom. The van der Waals surface area contributed by atoms with Crippen LogP contribution in [0.25, 0.3) is 0 Å². The third kappa shape index (κ3) is 6.57. The molecular formula is C17H24ClIN4S. The molecule has 0 aliphatic heterocycles. The molecule has 7 heteroatoms. The molecule has 0 bridgehead atoms. The molecule has 2 N–H and O–H groups in total. The Hall–Kier alpha value is -0.860. The van der Waals surface area contributed by atoms with E-state index in [9.17, 15) is 0 Å². The first-order valence-electron chi connectivity index (χ1n) is 7.80. The van der Waals surface area contributed by atoms with Crippen LogP contribution in [0.15, 0.2) is 34.6 Å². The molecule has 0 aliphatic carbocycles. The lowest BCUT2D eigenvalue weighted by Gasteiger charge is -2.10. The zero-order valence-electron chi connectivity index (χ0n) is 14.2. The van der Waals surface area contributed by atoms with Gasteiger partial charge in [-0.05, 0) is 24.5 Å². The van der Waals surface area contributed by atoms with Gasteiger partial charge in [0.2, 0.25) is 0 Å². The maximum absolute atomic E-state index is 6.17. The standard InChI is InChI=1S/C17H23ClN4S.HI/c1-4-19-17(20-9-13-7-5-6-8-14(13)18)21-10-16-22-15(11-23-16)12(2)3;/h5-8,11-12H,4,9-10H2,1-3H3,(H2,19,20,21);1H. The second-order valence-electron chi connectivity index (χ2n) is 5.46. The molecule has 0 saturated carbocycles. The first-order chi connectivity index (χ1) is 11.1. The Morgan fingerprint density at radius 2 is 2.04 bits per heavy atom. The highest BCUT2D eigenvalue weighted by molar-refractivity contribution is 14.0. The number of hydrogen-bond donors (Lipinski definition) is 2. The zero-order chi connectivity index (χ0) is 16.7. The maximum Gasteiger partial charge on any atom is 0.191 e. The van der Waals surface area contributed by atoms with E-state index >= 15 is 0 Å². The van der Waals surface area contributed by atoms with Crippen molar-refractivity contribution in [2.75, 3.05) is 6.54 Å². The van der Waals surface area contributed by atoms with Crippen LogP contribution < -0.4 is 10.6 Å². The Morgan fingerprint density at radius 3 is 2.67 bits per heavy atom. The quantitative estimate of drug-likeness (QED) is 0.356. The zero-order valence-corrected chi connectivity index (χ0v) is 18.1. The van der Waals surface area contributed by atoms with E-state index in [1.807, 2.05) is 31.2 Å². The highest BCUT2D eigenvalue weighted by Crippen LogP contribution is 2.18. The van der Waals surface area contributed by atoms with Gasteiger partial charge in [-0.3, -0.25) is 0 Å². The van der Waals surface area contributed by atoms with Crippen LogP contribution in [0.3, 0.4) is 0 Å². The lowest BCUT2D eigenvalue weighted by molar-refractivity contribution is 0.788. The average Bonchev–Trinajstić information content (AvgIpc) is 3.00. The lowest BCUT2D eigenvalue weighted by Crippen LogP contribution is -2.36. The van der Waals surface area contributed by atoms with E-state index in [1.165, 1.54) is 0 Å². The van der Waals surface area contributed by atoms with Gasteiger partial charge < -0.3 is 10.6 Å². The molecule has 0 saturated heterocycles. The molecule has 0 fully saturated rings. The molecule has 1 heterocycles. The fourth-order valence-corrected chi connectivity index (χ4v) is 3.05. The summed E-state index contributed by atoms with van der Waals surface area (Å²) in [7, 11) is 0. The van der Waals surface area contributed by atoms with Crippen molar-refractivity contribution in [3.8, 4) is 0 Å². The third-order valence-electron chi connectivity index (χ3n) is 3.28. The Bertz CT molecular complexity index is 658. The van der Waals surface area contributed by atoms with Gasteiger partial charge in [-0.15, -0.1) is 35.3 Å². The molecule has 0 unspecified atom stereocenters. The fraction of sp³-hybridized carbons (Fsp3) is 0.412. The van der Waals surface area contributed by atoms with Crippen molar-refractivity contribution >= 4 is 52.9 Å². The highest BCUT2D eigenvalue weighted by Gasteiger charge is 2.06. The van der Waals surface area contributed by atoms with E-state index in [2.05, 4.69) is 39.8 Å². The highest BCUT2D eigenvalue weighted by atomic mass is 127. The third-order valence-corrected chi connectivity index (χ3v) is 4.51. The van der Waals surface area contributed by atoms with Crippen molar-refractivity contribution < 1.29 is 0 Å². The summed E-state index contributed by atoms with van der Waals surface area (Å²) in [6.07, 6.45) is 0. The minimum absolute atomic E-state index is 0. The second-order valence-corrected chi connectivity index (χ2v) is 6.81. The number of benzene rings is 1. The van der Waals surface area contributed by atoms with E-state index in [0.717, 1.165) is 33.8 Å². The van der Waals surface area contributed by atoms with E-state index in [-0.39, 0.29) is 24.0 Å². The summed E-state index contributed by atoms with van der Waals surface area (Å²) in [5, 5.41) is 10.5. The molecule has 24 heavy (non-hydrogen) atoms. The number of aromatic nitrogens is 1. The summed E-state index contributed by atoms with van der Waals surface area (Å²) < 4.78 is 0. The van der Waals surface area contributed by atoms with E-state index in [4.69, 9.17) is 11.6 Å². The van der Waals surface area contributed by atoms with Crippen molar-refractivity contribution in [2.45, 2.75) is 39.8 Å². The summed E-state index contributed by atoms with van der Waals surface area (Å²) in [5.41, 5.74) is 2.16.